The lowest BCUT2D eigenvalue weighted by Crippen LogP contribution is -2.49. The molecule has 5 heteroatoms. The van der Waals surface area contributed by atoms with Gasteiger partial charge in [0, 0.05) is 12.0 Å². The summed E-state index contributed by atoms with van der Waals surface area (Å²) in [5, 5.41) is 3.06. The van der Waals surface area contributed by atoms with Gasteiger partial charge in [-0.25, -0.2) is 0 Å². The number of rotatable bonds is 7. The Balaban J connectivity index is 0.00000220. The molecule has 3 nitrogen and oxygen atoms in total. The van der Waals surface area contributed by atoms with E-state index in [0.717, 1.165) is 25.0 Å². The monoisotopic (exact) mass is 328 g/mol. The number of halogens is 1. The number of benzene rings is 1. The first kappa shape index (κ1) is 18.3. The minimum absolute atomic E-state index is 0. The van der Waals surface area contributed by atoms with E-state index in [1.807, 2.05) is 12.3 Å². The summed E-state index contributed by atoms with van der Waals surface area (Å²) in [6.07, 6.45) is 6.31. The van der Waals surface area contributed by atoms with Gasteiger partial charge in [0.15, 0.2) is 0 Å². The molecular weight excluding hydrogens is 304 g/mol. The van der Waals surface area contributed by atoms with E-state index >= 15 is 0 Å². The first-order chi connectivity index (χ1) is 9.68. The van der Waals surface area contributed by atoms with Crippen LogP contribution < -0.4 is 11.1 Å². The van der Waals surface area contributed by atoms with Crippen LogP contribution in [0.1, 0.15) is 31.2 Å². The zero-order chi connectivity index (χ0) is 14.4. The maximum Gasteiger partial charge on any atom is 0.236 e. The van der Waals surface area contributed by atoms with Gasteiger partial charge in [-0.1, -0.05) is 36.8 Å². The van der Waals surface area contributed by atoms with Crippen molar-refractivity contribution in [3.63, 3.8) is 0 Å². The molecule has 0 aromatic heterocycles. The molecule has 1 aliphatic rings. The lowest BCUT2D eigenvalue weighted by molar-refractivity contribution is -0.122. The second-order valence-corrected chi connectivity index (χ2v) is 6.59. The molecule has 1 atom stereocenters. The first-order valence-electron chi connectivity index (χ1n) is 7.26. The van der Waals surface area contributed by atoms with Crippen molar-refractivity contribution in [3.8, 4) is 0 Å². The van der Waals surface area contributed by atoms with Gasteiger partial charge < -0.3 is 11.1 Å². The van der Waals surface area contributed by atoms with E-state index in [1.54, 1.807) is 11.8 Å². The van der Waals surface area contributed by atoms with Gasteiger partial charge >= 0.3 is 0 Å². The van der Waals surface area contributed by atoms with Crippen molar-refractivity contribution in [3.05, 3.63) is 35.9 Å². The van der Waals surface area contributed by atoms with E-state index in [-0.39, 0.29) is 29.8 Å². The highest BCUT2D eigenvalue weighted by Crippen LogP contribution is 2.43. The van der Waals surface area contributed by atoms with Gasteiger partial charge in [0.2, 0.25) is 5.91 Å². The minimum atomic E-state index is -0.379. The average Bonchev–Trinajstić information content (AvgIpc) is 2.44. The van der Waals surface area contributed by atoms with Crippen LogP contribution in [0.3, 0.4) is 0 Å². The quantitative estimate of drug-likeness (QED) is 0.809. The molecule has 2 rings (SSSR count). The second-order valence-electron chi connectivity index (χ2n) is 5.61. The van der Waals surface area contributed by atoms with Crippen molar-refractivity contribution in [2.75, 3.05) is 18.6 Å². The highest BCUT2D eigenvalue weighted by molar-refractivity contribution is 7.98. The molecule has 1 amide bonds. The molecule has 0 aliphatic heterocycles. The number of nitrogens with two attached hydrogens (primary N) is 1. The molecule has 0 radical (unpaired) electrons. The van der Waals surface area contributed by atoms with Crippen molar-refractivity contribution < 1.29 is 4.79 Å². The highest BCUT2D eigenvalue weighted by atomic mass is 35.5. The summed E-state index contributed by atoms with van der Waals surface area (Å²) in [6, 6.07) is 10.1. The Kier molecular flexibility index (Phi) is 7.57. The van der Waals surface area contributed by atoms with Crippen LogP contribution in [0.15, 0.2) is 30.3 Å². The third-order valence-corrected chi connectivity index (χ3v) is 4.91. The van der Waals surface area contributed by atoms with Crippen LogP contribution in [-0.4, -0.2) is 30.5 Å². The summed E-state index contributed by atoms with van der Waals surface area (Å²) in [5.41, 5.74) is 7.38. The predicted molar refractivity (Wildman–Crippen MR) is 93.2 cm³/mol. The van der Waals surface area contributed by atoms with Crippen LogP contribution in [-0.2, 0) is 10.2 Å². The lowest BCUT2D eigenvalue weighted by atomic mass is 9.64. The summed E-state index contributed by atoms with van der Waals surface area (Å²) in [6.45, 7) is 0.711. The molecule has 1 unspecified atom stereocenters. The number of thioether (sulfide) groups is 1. The van der Waals surface area contributed by atoms with Crippen molar-refractivity contribution in [1.29, 1.82) is 0 Å². The maximum absolute atomic E-state index is 12.0. The molecule has 1 fully saturated rings. The molecule has 0 heterocycles. The largest absolute Gasteiger partial charge is 0.354 e. The molecule has 21 heavy (non-hydrogen) atoms. The fraction of sp³-hybridized carbons (Fsp3) is 0.562. The number of nitrogens with one attached hydrogen (secondary N) is 1. The topological polar surface area (TPSA) is 55.1 Å². The Bertz CT molecular complexity index is 437. The summed E-state index contributed by atoms with van der Waals surface area (Å²) in [5.74, 6) is 0.916. The zero-order valence-electron chi connectivity index (χ0n) is 12.5. The minimum Gasteiger partial charge on any atom is -0.354 e. The number of amides is 1. The smallest absolute Gasteiger partial charge is 0.236 e. The fourth-order valence-corrected chi connectivity index (χ4v) is 3.22. The van der Waals surface area contributed by atoms with Crippen LogP contribution in [0.2, 0.25) is 0 Å². The number of carbonyl (C=O) groups excluding carboxylic acids is 1. The van der Waals surface area contributed by atoms with Crippen molar-refractivity contribution in [2.45, 2.75) is 37.1 Å². The van der Waals surface area contributed by atoms with E-state index < -0.39 is 0 Å². The lowest BCUT2D eigenvalue weighted by Gasteiger charge is -2.42. The SMILES string of the molecule is CSCCC(N)C(=O)NCC1(c2ccccc2)CCC1.Cl. The molecule has 1 aromatic rings. The molecular formula is C16H25ClN2OS. The van der Waals surface area contributed by atoms with E-state index in [2.05, 4.69) is 29.6 Å². The normalized spacial score (nSPS) is 17.2. The molecule has 1 aliphatic carbocycles. The van der Waals surface area contributed by atoms with Gasteiger partial charge in [-0.3, -0.25) is 4.79 Å². The van der Waals surface area contributed by atoms with Crippen molar-refractivity contribution in [2.24, 2.45) is 5.73 Å². The molecule has 0 saturated heterocycles. The van der Waals surface area contributed by atoms with Crippen LogP contribution >= 0.6 is 24.2 Å². The van der Waals surface area contributed by atoms with E-state index in [0.29, 0.717) is 6.54 Å². The molecule has 118 valence electrons. The van der Waals surface area contributed by atoms with E-state index in [9.17, 15) is 4.79 Å². The maximum atomic E-state index is 12.0. The summed E-state index contributed by atoms with van der Waals surface area (Å²) in [7, 11) is 0. The Labute approximate surface area is 137 Å². The Morgan fingerprint density at radius 3 is 2.57 bits per heavy atom. The molecule has 0 spiro atoms. The molecule has 0 bridgehead atoms. The predicted octanol–water partition coefficient (Wildman–Crippen LogP) is 2.73. The second kappa shape index (κ2) is 8.66. The Morgan fingerprint density at radius 2 is 2.05 bits per heavy atom. The van der Waals surface area contributed by atoms with Crippen LogP contribution in [0.25, 0.3) is 0 Å². The zero-order valence-corrected chi connectivity index (χ0v) is 14.1. The average molecular weight is 329 g/mol. The summed E-state index contributed by atoms with van der Waals surface area (Å²) in [4.78, 5) is 12.0. The van der Waals surface area contributed by atoms with Gasteiger partial charge in [-0.05, 0) is 36.8 Å². The van der Waals surface area contributed by atoms with E-state index in [1.165, 1.54) is 12.0 Å². The first-order valence-corrected chi connectivity index (χ1v) is 8.65. The van der Waals surface area contributed by atoms with Gasteiger partial charge in [0.25, 0.3) is 0 Å². The van der Waals surface area contributed by atoms with Crippen molar-refractivity contribution >= 4 is 30.1 Å². The van der Waals surface area contributed by atoms with Crippen LogP contribution in [0.5, 0.6) is 0 Å². The standard InChI is InChI=1S/C16H24N2OS.ClH/c1-20-11-8-14(17)15(19)18-12-16(9-5-10-16)13-6-3-2-4-7-13;/h2-4,6-7,14H,5,8-12,17H2,1H3,(H,18,19);1H. The fourth-order valence-electron chi connectivity index (χ4n) is 2.73. The van der Waals surface area contributed by atoms with Gasteiger partial charge in [0.1, 0.15) is 0 Å². The number of hydrogen-bond acceptors (Lipinski definition) is 3. The van der Waals surface area contributed by atoms with Crippen molar-refractivity contribution in [1.82, 2.24) is 5.32 Å². The number of hydrogen-bond donors (Lipinski definition) is 2. The van der Waals surface area contributed by atoms with Gasteiger partial charge in [-0.2, -0.15) is 11.8 Å². The van der Waals surface area contributed by atoms with Crippen LogP contribution in [0, 0.1) is 0 Å². The summed E-state index contributed by atoms with van der Waals surface area (Å²) < 4.78 is 0. The molecule has 1 aromatic carbocycles. The van der Waals surface area contributed by atoms with E-state index in [4.69, 9.17) is 5.73 Å². The molecule has 3 N–H and O–H groups in total. The third kappa shape index (κ3) is 4.63. The van der Waals surface area contributed by atoms with Gasteiger partial charge in [0.05, 0.1) is 6.04 Å². The number of carbonyl (C=O) groups is 1. The third-order valence-electron chi connectivity index (χ3n) is 4.27. The summed E-state index contributed by atoms with van der Waals surface area (Å²) >= 11 is 1.72. The Hall–Kier alpha value is -0.710. The van der Waals surface area contributed by atoms with Gasteiger partial charge in [-0.15, -0.1) is 12.4 Å². The Morgan fingerprint density at radius 1 is 1.38 bits per heavy atom. The highest BCUT2D eigenvalue weighted by Gasteiger charge is 2.38. The van der Waals surface area contributed by atoms with Crippen LogP contribution in [0.4, 0.5) is 0 Å². The molecule has 1 saturated carbocycles.